The smallest absolute Gasteiger partial charge is 0.408 e. The van der Waals surface area contributed by atoms with Crippen molar-refractivity contribution in [3.8, 4) is 0 Å². The largest absolute Gasteiger partial charge is 0.445 e. The van der Waals surface area contributed by atoms with Crippen LogP contribution < -0.4 is 21.7 Å². The first-order valence-electron chi connectivity index (χ1n) is 12.7. The number of aliphatic hydroxyl groups excluding tert-OH is 1. The van der Waals surface area contributed by atoms with Gasteiger partial charge >= 0.3 is 12.1 Å². The molecule has 0 fully saturated rings. The summed E-state index contributed by atoms with van der Waals surface area (Å²) in [6.07, 6.45) is 1.83. The Hall–Kier alpha value is -4.45. The van der Waals surface area contributed by atoms with Gasteiger partial charge in [-0.1, -0.05) is 61.5 Å². The third-order valence-corrected chi connectivity index (χ3v) is 5.98. The summed E-state index contributed by atoms with van der Waals surface area (Å²) in [6.45, 7) is 4.17. The molecular weight excluding hydrogens is 502 g/mol. The number of benzene rings is 2. The second-order valence-corrected chi connectivity index (χ2v) is 9.34. The third-order valence-electron chi connectivity index (χ3n) is 5.98. The number of hydrogen-bond donors (Lipinski definition) is 5. The highest BCUT2D eigenvalue weighted by Crippen LogP contribution is 2.23. The van der Waals surface area contributed by atoms with Crippen molar-refractivity contribution < 1.29 is 24.2 Å². The van der Waals surface area contributed by atoms with E-state index in [9.17, 15) is 19.5 Å². The van der Waals surface area contributed by atoms with E-state index >= 15 is 0 Å². The van der Waals surface area contributed by atoms with Crippen LogP contribution in [0.2, 0.25) is 0 Å². The van der Waals surface area contributed by atoms with Gasteiger partial charge < -0.3 is 31.5 Å². The predicted octanol–water partition coefficient (Wildman–Crippen LogP) is 3.02. The molecule has 3 rings (SSSR count). The molecule has 0 aliphatic heterocycles. The molecule has 1 heterocycles. The number of anilines is 1. The standard InChI is InChI=1S/C27H35N7O5/c1-18(2)24(31-27(38)39-17-20-7-4-3-5-8-20)22-15-34(33-32-22)23(9-6-14-29-26(28)37)25(36)30-21-12-10-19(16-35)11-13-21/h3-5,7-8,10-13,15,18,23-24,35H,6,9,14,16-17H2,1-2H3,(H,30,36)(H,31,38)(H3,28,29,37)/t23-,24-/m0/s1. The molecule has 0 aliphatic carbocycles. The maximum Gasteiger partial charge on any atom is 0.408 e. The zero-order valence-electron chi connectivity index (χ0n) is 22.0. The van der Waals surface area contributed by atoms with Gasteiger partial charge in [-0.05, 0) is 42.0 Å². The molecule has 0 saturated heterocycles. The van der Waals surface area contributed by atoms with Gasteiger partial charge in [0.05, 0.1) is 18.8 Å². The zero-order chi connectivity index (χ0) is 28.2. The van der Waals surface area contributed by atoms with E-state index in [0.717, 1.165) is 11.1 Å². The van der Waals surface area contributed by atoms with Gasteiger partial charge in [-0.3, -0.25) is 4.79 Å². The monoisotopic (exact) mass is 537 g/mol. The Labute approximate surface area is 226 Å². The summed E-state index contributed by atoms with van der Waals surface area (Å²) in [4.78, 5) is 36.8. The highest BCUT2D eigenvalue weighted by molar-refractivity contribution is 5.93. The van der Waals surface area contributed by atoms with Crippen LogP contribution in [-0.2, 0) is 22.7 Å². The number of alkyl carbamates (subject to hydrolysis) is 1. The fraction of sp³-hybridized carbons (Fsp3) is 0.370. The van der Waals surface area contributed by atoms with Crippen molar-refractivity contribution in [3.63, 3.8) is 0 Å². The lowest BCUT2D eigenvalue weighted by Crippen LogP contribution is -2.32. The second kappa shape index (κ2) is 14.5. The first-order valence-corrected chi connectivity index (χ1v) is 12.7. The number of rotatable bonds is 13. The number of hydrogen-bond acceptors (Lipinski definition) is 7. The molecular formula is C27H35N7O5. The lowest BCUT2D eigenvalue weighted by atomic mass is 10.0. The molecule has 12 nitrogen and oxygen atoms in total. The van der Waals surface area contributed by atoms with Crippen molar-refractivity contribution in [2.75, 3.05) is 11.9 Å². The zero-order valence-corrected chi connectivity index (χ0v) is 22.0. The Balaban J connectivity index is 1.72. The minimum atomic E-state index is -0.753. The summed E-state index contributed by atoms with van der Waals surface area (Å²) >= 11 is 0. The Morgan fingerprint density at radius 2 is 1.77 bits per heavy atom. The quantitative estimate of drug-likeness (QED) is 0.208. The van der Waals surface area contributed by atoms with Crippen molar-refractivity contribution >= 4 is 23.7 Å². The maximum absolute atomic E-state index is 13.3. The van der Waals surface area contributed by atoms with Gasteiger partial charge in [0, 0.05) is 12.2 Å². The van der Waals surface area contributed by atoms with Crippen LogP contribution >= 0.6 is 0 Å². The fourth-order valence-corrected chi connectivity index (χ4v) is 3.87. The van der Waals surface area contributed by atoms with E-state index in [1.807, 2.05) is 44.2 Å². The van der Waals surface area contributed by atoms with Crippen LogP contribution in [0.25, 0.3) is 0 Å². The second-order valence-electron chi connectivity index (χ2n) is 9.34. The fourth-order valence-electron chi connectivity index (χ4n) is 3.87. The minimum Gasteiger partial charge on any atom is -0.445 e. The van der Waals surface area contributed by atoms with Gasteiger partial charge in [0.2, 0.25) is 5.91 Å². The van der Waals surface area contributed by atoms with Crippen LogP contribution in [0.15, 0.2) is 60.8 Å². The van der Waals surface area contributed by atoms with Gasteiger partial charge in [0.25, 0.3) is 0 Å². The van der Waals surface area contributed by atoms with Gasteiger partial charge in [-0.25, -0.2) is 14.3 Å². The molecule has 39 heavy (non-hydrogen) atoms. The normalized spacial score (nSPS) is 12.4. The summed E-state index contributed by atoms with van der Waals surface area (Å²) in [7, 11) is 0. The average molecular weight is 538 g/mol. The molecule has 0 bridgehead atoms. The maximum atomic E-state index is 13.3. The van der Waals surface area contributed by atoms with Crippen LogP contribution in [0, 0.1) is 5.92 Å². The van der Waals surface area contributed by atoms with E-state index in [1.165, 1.54) is 4.68 Å². The minimum absolute atomic E-state index is 0.0449. The Kier molecular flexibility index (Phi) is 10.8. The number of primary amides is 1. The molecule has 208 valence electrons. The van der Waals surface area contributed by atoms with Crippen LogP contribution in [0.5, 0.6) is 0 Å². The summed E-state index contributed by atoms with van der Waals surface area (Å²) in [5.74, 6) is -0.380. The molecule has 3 aromatic rings. The van der Waals surface area contributed by atoms with Gasteiger partial charge in [0.15, 0.2) is 0 Å². The molecule has 0 aliphatic rings. The van der Waals surface area contributed by atoms with Crippen LogP contribution in [0.1, 0.15) is 55.6 Å². The molecule has 6 N–H and O–H groups in total. The highest BCUT2D eigenvalue weighted by atomic mass is 16.5. The number of amides is 4. The molecule has 12 heteroatoms. The highest BCUT2D eigenvalue weighted by Gasteiger charge is 2.26. The van der Waals surface area contributed by atoms with E-state index in [-0.39, 0.29) is 31.6 Å². The van der Waals surface area contributed by atoms with Crippen LogP contribution in [-0.4, -0.2) is 44.7 Å². The third kappa shape index (κ3) is 9.11. The number of nitrogens with two attached hydrogens (primary N) is 1. The predicted molar refractivity (Wildman–Crippen MR) is 144 cm³/mol. The molecule has 0 saturated carbocycles. The number of aromatic nitrogens is 3. The van der Waals surface area contributed by atoms with E-state index in [2.05, 4.69) is 26.3 Å². The number of aliphatic hydroxyl groups is 1. The van der Waals surface area contributed by atoms with E-state index in [4.69, 9.17) is 10.5 Å². The van der Waals surface area contributed by atoms with Crippen LogP contribution in [0.3, 0.4) is 0 Å². The lowest BCUT2D eigenvalue weighted by Gasteiger charge is -2.20. The molecule has 0 unspecified atom stereocenters. The van der Waals surface area contributed by atoms with Gasteiger partial charge in [0.1, 0.15) is 18.3 Å². The number of carbonyl (C=O) groups excluding carboxylic acids is 3. The Bertz CT molecular complexity index is 1210. The van der Waals surface area contributed by atoms with E-state index < -0.39 is 24.2 Å². The molecule has 2 atom stereocenters. The topological polar surface area (TPSA) is 173 Å². The summed E-state index contributed by atoms with van der Waals surface area (Å²) in [5, 5.41) is 25.9. The van der Waals surface area contributed by atoms with Gasteiger partial charge in [-0.2, -0.15) is 0 Å². The molecule has 2 aromatic carbocycles. The number of carbonyl (C=O) groups is 3. The molecule has 0 spiro atoms. The van der Waals surface area contributed by atoms with Crippen molar-refractivity contribution in [1.29, 1.82) is 0 Å². The van der Waals surface area contributed by atoms with Crippen molar-refractivity contribution in [2.24, 2.45) is 11.7 Å². The lowest BCUT2D eigenvalue weighted by molar-refractivity contribution is -0.119. The van der Waals surface area contributed by atoms with Crippen molar-refractivity contribution in [2.45, 2.75) is 52.0 Å². The average Bonchev–Trinajstić information content (AvgIpc) is 3.40. The number of nitrogens with zero attached hydrogens (tertiary/aromatic N) is 3. The first kappa shape index (κ1) is 29.1. The number of urea groups is 1. The van der Waals surface area contributed by atoms with E-state index in [1.54, 1.807) is 30.5 Å². The summed E-state index contributed by atoms with van der Waals surface area (Å²) in [6, 6.07) is 14.3. The SMILES string of the molecule is CC(C)[C@H](NC(=O)OCc1ccccc1)c1cn([C@@H](CCCNC(N)=O)C(=O)Nc2ccc(CO)cc2)nn1. The number of nitrogens with one attached hydrogen (secondary N) is 3. The first-order chi connectivity index (χ1) is 18.8. The Morgan fingerprint density at radius 1 is 1.05 bits per heavy atom. The summed E-state index contributed by atoms with van der Waals surface area (Å²) in [5.41, 5.74) is 7.76. The van der Waals surface area contributed by atoms with E-state index in [0.29, 0.717) is 24.2 Å². The van der Waals surface area contributed by atoms with Crippen molar-refractivity contribution in [3.05, 3.63) is 77.6 Å². The van der Waals surface area contributed by atoms with Gasteiger partial charge in [-0.15, -0.1) is 5.10 Å². The number of ether oxygens (including phenoxy) is 1. The molecule has 0 radical (unpaired) electrons. The van der Waals surface area contributed by atoms with Crippen LogP contribution in [0.4, 0.5) is 15.3 Å². The van der Waals surface area contributed by atoms with Crippen molar-refractivity contribution in [1.82, 2.24) is 25.6 Å². The molecule has 4 amide bonds. The Morgan fingerprint density at radius 3 is 2.41 bits per heavy atom. The summed E-state index contributed by atoms with van der Waals surface area (Å²) < 4.78 is 6.81. The molecule has 1 aromatic heterocycles.